The standard InChI is InChI=1S/C13H24N2O3S/c1-10(8-17-4)18-9-11(16)7-15-13(2,3)12-14-5-6-19-12/h5-6,10-11,15-16H,7-9H2,1-4H3. The van der Waals surface area contributed by atoms with Crippen LogP contribution in [0.15, 0.2) is 11.6 Å². The molecule has 0 bridgehead atoms. The molecule has 0 spiro atoms. The van der Waals surface area contributed by atoms with E-state index < -0.39 is 6.10 Å². The Kier molecular flexibility index (Phi) is 6.88. The number of aromatic nitrogens is 1. The van der Waals surface area contributed by atoms with Crippen LogP contribution >= 0.6 is 11.3 Å². The lowest BCUT2D eigenvalue weighted by atomic mass is 10.1. The summed E-state index contributed by atoms with van der Waals surface area (Å²) in [4.78, 5) is 4.29. The Balaban J connectivity index is 2.28. The predicted octanol–water partition coefficient (Wildman–Crippen LogP) is 1.38. The maximum Gasteiger partial charge on any atom is 0.112 e. The minimum atomic E-state index is -0.543. The van der Waals surface area contributed by atoms with Crippen LogP contribution in [-0.2, 0) is 15.0 Å². The lowest BCUT2D eigenvalue weighted by Gasteiger charge is -2.26. The number of thiazole rings is 1. The fourth-order valence-electron chi connectivity index (χ4n) is 1.60. The second-order valence-electron chi connectivity index (χ2n) is 5.10. The van der Waals surface area contributed by atoms with E-state index in [1.165, 1.54) is 0 Å². The molecule has 0 saturated heterocycles. The van der Waals surface area contributed by atoms with Gasteiger partial charge in [-0.25, -0.2) is 4.98 Å². The number of aliphatic hydroxyl groups excluding tert-OH is 1. The van der Waals surface area contributed by atoms with Gasteiger partial charge >= 0.3 is 0 Å². The molecule has 1 heterocycles. The Morgan fingerprint density at radius 2 is 2.21 bits per heavy atom. The second kappa shape index (κ2) is 7.91. The highest BCUT2D eigenvalue weighted by atomic mass is 32.1. The van der Waals surface area contributed by atoms with Crippen LogP contribution in [0.25, 0.3) is 0 Å². The Morgan fingerprint density at radius 3 is 2.79 bits per heavy atom. The van der Waals surface area contributed by atoms with Crippen LogP contribution in [-0.4, -0.2) is 49.2 Å². The first-order chi connectivity index (χ1) is 8.95. The molecule has 0 saturated carbocycles. The number of hydrogen-bond donors (Lipinski definition) is 2. The molecule has 0 radical (unpaired) electrons. The van der Waals surface area contributed by atoms with Gasteiger partial charge in [0.1, 0.15) is 5.01 Å². The fraction of sp³-hybridized carbons (Fsp3) is 0.769. The van der Waals surface area contributed by atoms with Crippen molar-refractivity contribution >= 4 is 11.3 Å². The van der Waals surface area contributed by atoms with Crippen LogP contribution in [0.5, 0.6) is 0 Å². The number of hydrogen-bond acceptors (Lipinski definition) is 6. The largest absolute Gasteiger partial charge is 0.389 e. The van der Waals surface area contributed by atoms with Crippen molar-refractivity contribution in [3.8, 4) is 0 Å². The van der Waals surface area contributed by atoms with Gasteiger partial charge in [0.05, 0.1) is 31.0 Å². The molecule has 0 fully saturated rings. The first-order valence-electron chi connectivity index (χ1n) is 6.39. The van der Waals surface area contributed by atoms with E-state index in [1.807, 2.05) is 26.2 Å². The van der Waals surface area contributed by atoms with Crippen molar-refractivity contribution in [3.63, 3.8) is 0 Å². The summed E-state index contributed by atoms with van der Waals surface area (Å²) >= 11 is 1.60. The average Bonchev–Trinajstić information content (AvgIpc) is 2.89. The minimum absolute atomic E-state index is 0.00776. The molecule has 1 aromatic heterocycles. The van der Waals surface area contributed by atoms with Crippen molar-refractivity contribution in [1.29, 1.82) is 0 Å². The molecular weight excluding hydrogens is 264 g/mol. The first-order valence-corrected chi connectivity index (χ1v) is 7.27. The SMILES string of the molecule is COCC(C)OCC(O)CNC(C)(C)c1nccs1. The fourth-order valence-corrected chi connectivity index (χ4v) is 2.34. The predicted molar refractivity (Wildman–Crippen MR) is 76.4 cm³/mol. The number of aliphatic hydroxyl groups is 1. The third-order valence-corrected chi connectivity index (χ3v) is 3.82. The van der Waals surface area contributed by atoms with Crippen LogP contribution in [0.1, 0.15) is 25.8 Å². The van der Waals surface area contributed by atoms with Crippen LogP contribution < -0.4 is 5.32 Å². The first kappa shape index (κ1) is 16.5. The molecule has 6 heteroatoms. The van der Waals surface area contributed by atoms with Gasteiger partial charge in [0.15, 0.2) is 0 Å². The third kappa shape index (κ3) is 5.97. The zero-order valence-corrected chi connectivity index (χ0v) is 12.9. The van der Waals surface area contributed by atoms with Crippen molar-refractivity contribution in [2.75, 3.05) is 26.9 Å². The number of ether oxygens (including phenoxy) is 2. The highest BCUT2D eigenvalue weighted by molar-refractivity contribution is 7.09. The highest BCUT2D eigenvalue weighted by Crippen LogP contribution is 2.21. The number of nitrogens with one attached hydrogen (secondary N) is 1. The van der Waals surface area contributed by atoms with E-state index in [4.69, 9.17) is 9.47 Å². The summed E-state index contributed by atoms with van der Waals surface area (Å²) in [6.07, 6.45) is 1.24. The van der Waals surface area contributed by atoms with Gasteiger partial charge in [0.2, 0.25) is 0 Å². The van der Waals surface area contributed by atoms with E-state index in [2.05, 4.69) is 10.3 Å². The zero-order chi connectivity index (χ0) is 14.3. The Labute approximate surface area is 119 Å². The Bertz CT molecular complexity index is 344. The number of methoxy groups -OCH3 is 1. The number of nitrogens with zero attached hydrogens (tertiary/aromatic N) is 1. The molecule has 2 unspecified atom stereocenters. The van der Waals surface area contributed by atoms with E-state index >= 15 is 0 Å². The van der Waals surface area contributed by atoms with Crippen molar-refractivity contribution in [2.24, 2.45) is 0 Å². The van der Waals surface area contributed by atoms with Crippen LogP contribution in [0.3, 0.4) is 0 Å². The molecular formula is C13H24N2O3S. The molecule has 0 amide bonds. The molecule has 19 heavy (non-hydrogen) atoms. The van der Waals surface area contributed by atoms with Crippen molar-refractivity contribution in [3.05, 3.63) is 16.6 Å². The summed E-state index contributed by atoms with van der Waals surface area (Å²) in [5, 5.41) is 16.1. The summed E-state index contributed by atoms with van der Waals surface area (Å²) in [6.45, 7) is 7.31. The monoisotopic (exact) mass is 288 g/mol. The van der Waals surface area contributed by atoms with Gasteiger partial charge in [0, 0.05) is 25.2 Å². The van der Waals surface area contributed by atoms with Crippen LogP contribution in [0, 0.1) is 0 Å². The zero-order valence-electron chi connectivity index (χ0n) is 12.0. The summed E-state index contributed by atoms with van der Waals surface area (Å²) in [6, 6.07) is 0. The Hall–Kier alpha value is -0.530. The van der Waals surface area contributed by atoms with E-state index in [9.17, 15) is 5.11 Å². The van der Waals surface area contributed by atoms with E-state index in [0.29, 0.717) is 19.8 Å². The average molecular weight is 288 g/mol. The van der Waals surface area contributed by atoms with Gasteiger partial charge in [0.25, 0.3) is 0 Å². The molecule has 1 aromatic rings. The Morgan fingerprint density at radius 1 is 1.47 bits per heavy atom. The molecule has 1 rings (SSSR count). The third-order valence-electron chi connectivity index (χ3n) is 2.72. The summed E-state index contributed by atoms with van der Waals surface area (Å²) in [5.41, 5.74) is -0.243. The quantitative estimate of drug-likeness (QED) is 0.719. The molecule has 0 aliphatic carbocycles. The molecule has 0 aliphatic heterocycles. The molecule has 2 N–H and O–H groups in total. The maximum atomic E-state index is 9.88. The van der Waals surface area contributed by atoms with E-state index in [0.717, 1.165) is 5.01 Å². The summed E-state index contributed by atoms with van der Waals surface area (Å²) < 4.78 is 10.4. The lowest BCUT2D eigenvalue weighted by molar-refractivity contribution is -0.0324. The normalized spacial score (nSPS) is 15.4. The van der Waals surface area contributed by atoms with Crippen LogP contribution in [0.4, 0.5) is 0 Å². The van der Waals surface area contributed by atoms with E-state index in [1.54, 1.807) is 24.6 Å². The van der Waals surface area contributed by atoms with Crippen molar-refractivity contribution in [1.82, 2.24) is 10.3 Å². The van der Waals surface area contributed by atoms with E-state index in [-0.39, 0.29) is 11.6 Å². The van der Waals surface area contributed by atoms with Crippen molar-refractivity contribution < 1.29 is 14.6 Å². The highest BCUT2D eigenvalue weighted by Gasteiger charge is 2.23. The van der Waals surface area contributed by atoms with Gasteiger partial charge in [-0.2, -0.15) is 0 Å². The molecule has 5 nitrogen and oxygen atoms in total. The topological polar surface area (TPSA) is 63.6 Å². The lowest BCUT2D eigenvalue weighted by Crippen LogP contribution is -2.42. The van der Waals surface area contributed by atoms with Gasteiger partial charge in [-0.05, 0) is 20.8 Å². The summed E-state index contributed by atoms with van der Waals surface area (Å²) in [7, 11) is 1.63. The smallest absolute Gasteiger partial charge is 0.112 e. The maximum absolute atomic E-state index is 9.88. The van der Waals surface area contributed by atoms with Gasteiger partial charge in [-0.15, -0.1) is 11.3 Å². The molecule has 0 aromatic carbocycles. The summed E-state index contributed by atoms with van der Waals surface area (Å²) in [5.74, 6) is 0. The second-order valence-corrected chi connectivity index (χ2v) is 5.99. The minimum Gasteiger partial charge on any atom is -0.389 e. The molecule has 110 valence electrons. The number of rotatable bonds is 9. The molecule has 2 atom stereocenters. The van der Waals surface area contributed by atoms with Gasteiger partial charge < -0.3 is 19.9 Å². The van der Waals surface area contributed by atoms with Crippen molar-refractivity contribution in [2.45, 2.75) is 38.5 Å². The van der Waals surface area contributed by atoms with Gasteiger partial charge in [-0.1, -0.05) is 0 Å². The molecule has 0 aliphatic rings. The van der Waals surface area contributed by atoms with Gasteiger partial charge in [-0.3, -0.25) is 0 Å². The van der Waals surface area contributed by atoms with Crippen LogP contribution in [0.2, 0.25) is 0 Å².